The fraction of sp³-hybridized carbons (Fsp3) is 0.182. The number of hydrogen-bond donors (Lipinski definition) is 0. The van der Waals surface area contributed by atoms with Gasteiger partial charge in [0.1, 0.15) is 5.82 Å². The van der Waals surface area contributed by atoms with Crippen LogP contribution < -0.4 is 0 Å². The molecule has 0 aliphatic carbocycles. The normalized spacial score (nSPS) is 13.5. The van der Waals surface area contributed by atoms with Gasteiger partial charge in [0.2, 0.25) is 0 Å². The van der Waals surface area contributed by atoms with E-state index in [9.17, 15) is 0 Å². The maximum Gasteiger partial charge on any atom is 0.140 e. The molecule has 0 spiro atoms. The molecule has 1 aromatic carbocycles. The Morgan fingerprint density at radius 2 is 2.15 bits per heavy atom. The third kappa shape index (κ3) is 0.917. The number of nitrogens with zero attached hydrogens (tertiary/aromatic N) is 2. The van der Waals surface area contributed by atoms with Crippen LogP contribution in [0.2, 0.25) is 0 Å². The van der Waals surface area contributed by atoms with E-state index >= 15 is 0 Å². The van der Waals surface area contributed by atoms with Gasteiger partial charge in [0, 0.05) is 24.5 Å². The van der Waals surface area contributed by atoms with Gasteiger partial charge in [0.25, 0.3) is 0 Å². The highest BCUT2D eigenvalue weighted by Crippen LogP contribution is 2.26. The molecule has 1 aliphatic rings. The molecule has 0 saturated carbocycles. The van der Waals surface area contributed by atoms with Crippen molar-refractivity contribution in [3.05, 3.63) is 42.2 Å². The Bertz CT molecular complexity index is 443. The Morgan fingerprint density at radius 3 is 3.15 bits per heavy atom. The van der Waals surface area contributed by atoms with Crippen LogP contribution in [-0.4, -0.2) is 9.55 Å². The van der Waals surface area contributed by atoms with Crippen molar-refractivity contribution in [2.45, 2.75) is 13.0 Å². The number of rotatable bonds is 0. The minimum absolute atomic E-state index is 1.06. The topological polar surface area (TPSA) is 17.8 Å². The van der Waals surface area contributed by atoms with Crippen LogP contribution in [0.15, 0.2) is 36.7 Å². The number of fused-ring (bicyclic) bond motifs is 3. The largest absolute Gasteiger partial charge is 0.331 e. The fourth-order valence-corrected chi connectivity index (χ4v) is 1.93. The average molecular weight is 170 g/mol. The summed E-state index contributed by atoms with van der Waals surface area (Å²) in [5, 5.41) is 0. The van der Waals surface area contributed by atoms with Crippen molar-refractivity contribution < 1.29 is 0 Å². The molecule has 0 bridgehead atoms. The van der Waals surface area contributed by atoms with Crippen molar-refractivity contribution in [2.24, 2.45) is 0 Å². The average Bonchev–Trinajstić information content (AvgIpc) is 2.65. The lowest BCUT2D eigenvalue weighted by atomic mass is 10.0. The van der Waals surface area contributed by atoms with Gasteiger partial charge in [-0.15, -0.1) is 0 Å². The zero-order valence-electron chi connectivity index (χ0n) is 7.27. The van der Waals surface area contributed by atoms with E-state index in [1.165, 1.54) is 11.1 Å². The molecule has 2 aromatic rings. The third-order valence-corrected chi connectivity index (χ3v) is 2.60. The van der Waals surface area contributed by atoms with Crippen molar-refractivity contribution in [1.29, 1.82) is 0 Å². The summed E-state index contributed by atoms with van der Waals surface area (Å²) in [7, 11) is 0. The summed E-state index contributed by atoms with van der Waals surface area (Å²) >= 11 is 0. The quantitative estimate of drug-likeness (QED) is 0.592. The molecule has 0 amide bonds. The van der Waals surface area contributed by atoms with E-state index in [-0.39, 0.29) is 0 Å². The summed E-state index contributed by atoms with van der Waals surface area (Å²) in [6.45, 7) is 1.06. The van der Waals surface area contributed by atoms with Crippen molar-refractivity contribution in [1.82, 2.24) is 9.55 Å². The van der Waals surface area contributed by atoms with Crippen molar-refractivity contribution in [3.63, 3.8) is 0 Å². The van der Waals surface area contributed by atoms with Crippen LogP contribution in [0.3, 0.4) is 0 Å². The van der Waals surface area contributed by atoms with E-state index in [0.717, 1.165) is 18.8 Å². The predicted molar refractivity (Wildman–Crippen MR) is 51.4 cm³/mol. The van der Waals surface area contributed by atoms with E-state index in [0.29, 0.717) is 0 Å². The second-order valence-electron chi connectivity index (χ2n) is 3.35. The number of hydrogen-bond acceptors (Lipinski definition) is 1. The van der Waals surface area contributed by atoms with Gasteiger partial charge in [0.05, 0.1) is 0 Å². The fourth-order valence-electron chi connectivity index (χ4n) is 1.93. The summed E-state index contributed by atoms with van der Waals surface area (Å²) in [6.07, 6.45) is 5.04. The van der Waals surface area contributed by atoms with Crippen molar-refractivity contribution in [2.75, 3.05) is 0 Å². The molecule has 0 unspecified atom stereocenters. The summed E-state index contributed by atoms with van der Waals surface area (Å²) in [5.41, 5.74) is 2.71. The number of benzene rings is 1. The van der Waals surface area contributed by atoms with Crippen LogP contribution in [0.5, 0.6) is 0 Å². The van der Waals surface area contributed by atoms with Gasteiger partial charge in [-0.05, 0) is 12.0 Å². The molecule has 2 heterocycles. The first-order chi connectivity index (χ1) is 6.45. The number of imidazole rings is 1. The molecular formula is C11H10N2. The molecule has 1 aromatic heterocycles. The molecule has 2 heteroatoms. The van der Waals surface area contributed by atoms with Gasteiger partial charge in [-0.2, -0.15) is 0 Å². The van der Waals surface area contributed by atoms with Crippen molar-refractivity contribution in [3.8, 4) is 11.4 Å². The Labute approximate surface area is 76.9 Å². The van der Waals surface area contributed by atoms with Crippen LogP contribution in [-0.2, 0) is 13.0 Å². The summed E-state index contributed by atoms with van der Waals surface area (Å²) in [5.74, 6) is 1.11. The highest BCUT2D eigenvalue weighted by atomic mass is 15.1. The minimum atomic E-state index is 1.06. The smallest absolute Gasteiger partial charge is 0.140 e. The Morgan fingerprint density at radius 1 is 1.23 bits per heavy atom. The maximum atomic E-state index is 4.36. The second kappa shape index (κ2) is 2.46. The zero-order valence-corrected chi connectivity index (χ0v) is 7.27. The van der Waals surface area contributed by atoms with Crippen LogP contribution >= 0.6 is 0 Å². The molecule has 0 fully saturated rings. The van der Waals surface area contributed by atoms with E-state index in [4.69, 9.17) is 0 Å². The molecule has 0 atom stereocenters. The van der Waals surface area contributed by atoms with Crippen LogP contribution in [0.1, 0.15) is 5.56 Å². The van der Waals surface area contributed by atoms with Gasteiger partial charge in [-0.1, -0.05) is 24.3 Å². The summed E-state index contributed by atoms with van der Waals surface area (Å²) in [4.78, 5) is 4.36. The van der Waals surface area contributed by atoms with Gasteiger partial charge in [-0.25, -0.2) is 4.98 Å². The van der Waals surface area contributed by atoms with E-state index in [2.05, 4.69) is 33.8 Å². The van der Waals surface area contributed by atoms with Crippen molar-refractivity contribution >= 4 is 0 Å². The highest BCUT2D eigenvalue weighted by Gasteiger charge is 2.14. The van der Waals surface area contributed by atoms with Gasteiger partial charge >= 0.3 is 0 Å². The van der Waals surface area contributed by atoms with Gasteiger partial charge < -0.3 is 4.57 Å². The lowest BCUT2D eigenvalue weighted by Crippen LogP contribution is -2.09. The Kier molecular flexibility index (Phi) is 1.30. The zero-order chi connectivity index (χ0) is 8.67. The molecule has 64 valence electrons. The summed E-state index contributed by atoms with van der Waals surface area (Å²) < 4.78 is 2.21. The molecule has 3 rings (SSSR count). The van der Waals surface area contributed by atoms with Crippen LogP contribution in [0.4, 0.5) is 0 Å². The monoisotopic (exact) mass is 170 g/mol. The van der Waals surface area contributed by atoms with E-state index in [1.54, 1.807) is 0 Å². The molecule has 2 nitrogen and oxygen atoms in total. The number of aryl methyl sites for hydroxylation is 2. The standard InChI is InChI=1S/C11H10N2/c1-2-4-10-9(3-1)5-7-13-8-6-12-11(10)13/h1-4,6,8H,5,7H2. The first-order valence-corrected chi connectivity index (χ1v) is 4.54. The molecular weight excluding hydrogens is 160 g/mol. The Hall–Kier alpha value is -1.57. The lowest BCUT2D eigenvalue weighted by Gasteiger charge is -2.17. The molecule has 0 radical (unpaired) electrons. The van der Waals surface area contributed by atoms with Crippen LogP contribution in [0.25, 0.3) is 11.4 Å². The third-order valence-electron chi connectivity index (χ3n) is 2.60. The lowest BCUT2D eigenvalue weighted by molar-refractivity contribution is 0.684. The molecule has 13 heavy (non-hydrogen) atoms. The summed E-state index contributed by atoms with van der Waals surface area (Å²) in [6, 6.07) is 8.50. The second-order valence-corrected chi connectivity index (χ2v) is 3.35. The van der Waals surface area contributed by atoms with E-state index < -0.39 is 0 Å². The highest BCUT2D eigenvalue weighted by molar-refractivity contribution is 5.62. The van der Waals surface area contributed by atoms with Crippen LogP contribution in [0, 0.1) is 0 Å². The molecule has 0 N–H and O–H groups in total. The maximum absolute atomic E-state index is 4.36. The van der Waals surface area contributed by atoms with E-state index in [1.807, 2.05) is 12.4 Å². The first-order valence-electron chi connectivity index (χ1n) is 4.54. The molecule has 0 saturated heterocycles. The van der Waals surface area contributed by atoms with Gasteiger partial charge in [0.15, 0.2) is 0 Å². The first kappa shape index (κ1) is 6.89. The Balaban J connectivity index is 2.30. The number of aromatic nitrogens is 2. The SMILES string of the molecule is c1ccc2c(c1)CCn1ccnc1-2. The predicted octanol–water partition coefficient (Wildman–Crippen LogP) is 2.11. The van der Waals surface area contributed by atoms with Gasteiger partial charge in [-0.3, -0.25) is 0 Å². The molecule has 1 aliphatic heterocycles. The minimum Gasteiger partial charge on any atom is -0.331 e.